The maximum Gasteiger partial charge on any atom is 0.0406 e. The molecular formula is C19H29ClN2. The lowest BCUT2D eigenvalue weighted by Crippen LogP contribution is -2.47. The summed E-state index contributed by atoms with van der Waals surface area (Å²) in [5.41, 5.74) is 2.65. The van der Waals surface area contributed by atoms with Crippen molar-refractivity contribution in [3.63, 3.8) is 0 Å². The lowest BCUT2D eigenvalue weighted by Gasteiger charge is -2.37. The van der Waals surface area contributed by atoms with Crippen LogP contribution in [0.2, 0.25) is 5.02 Å². The third kappa shape index (κ3) is 4.58. The van der Waals surface area contributed by atoms with Crippen LogP contribution in [-0.4, -0.2) is 49.1 Å². The molecule has 0 aromatic heterocycles. The molecule has 0 saturated carbocycles. The van der Waals surface area contributed by atoms with Gasteiger partial charge in [-0.2, -0.15) is 0 Å². The molecule has 2 rings (SSSR count). The van der Waals surface area contributed by atoms with Crippen LogP contribution in [0.15, 0.2) is 36.4 Å². The molecule has 1 aromatic carbocycles. The predicted octanol–water partition coefficient (Wildman–Crippen LogP) is 4.27. The molecule has 0 amide bonds. The van der Waals surface area contributed by atoms with Gasteiger partial charge in [-0.1, -0.05) is 56.7 Å². The summed E-state index contributed by atoms with van der Waals surface area (Å²) in [7, 11) is 0. The minimum atomic E-state index is 0.394. The lowest BCUT2D eigenvalue weighted by atomic mass is 9.85. The van der Waals surface area contributed by atoms with Crippen LogP contribution in [-0.2, 0) is 0 Å². The molecule has 0 aliphatic carbocycles. The molecule has 122 valence electrons. The summed E-state index contributed by atoms with van der Waals surface area (Å²) in [5, 5.41) is 0.800. The van der Waals surface area contributed by atoms with Gasteiger partial charge in [0.05, 0.1) is 0 Å². The fourth-order valence-corrected chi connectivity index (χ4v) is 3.21. The molecule has 0 spiro atoms. The van der Waals surface area contributed by atoms with E-state index < -0.39 is 0 Å². The van der Waals surface area contributed by atoms with Gasteiger partial charge >= 0.3 is 0 Å². The average molecular weight is 321 g/mol. The number of halogens is 1. The third-order valence-electron chi connectivity index (χ3n) is 4.81. The molecule has 1 fully saturated rings. The lowest BCUT2D eigenvalue weighted by molar-refractivity contribution is 0.133. The number of nitrogens with zero attached hydrogens (tertiary/aromatic N) is 2. The Kier molecular flexibility index (Phi) is 6.49. The maximum atomic E-state index is 6.04. The fourth-order valence-electron chi connectivity index (χ4n) is 3.08. The Morgan fingerprint density at radius 2 is 1.64 bits per heavy atom. The molecule has 2 nitrogen and oxygen atoms in total. The van der Waals surface area contributed by atoms with Gasteiger partial charge in [0.1, 0.15) is 0 Å². The van der Waals surface area contributed by atoms with E-state index >= 15 is 0 Å². The van der Waals surface area contributed by atoms with Gasteiger partial charge in [0.15, 0.2) is 0 Å². The highest BCUT2D eigenvalue weighted by Gasteiger charge is 2.23. The van der Waals surface area contributed by atoms with Crippen molar-refractivity contribution in [2.45, 2.75) is 26.7 Å². The Morgan fingerprint density at radius 1 is 1.09 bits per heavy atom. The van der Waals surface area contributed by atoms with Crippen molar-refractivity contribution in [1.29, 1.82) is 0 Å². The van der Waals surface area contributed by atoms with E-state index in [0.717, 1.165) is 31.2 Å². The first kappa shape index (κ1) is 17.5. The molecule has 22 heavy (non-hydrogen) atoms. The third-order valence-corrected chi connectivity index (χ3v) is 5.07. The standard InChI is InChI=1S/C19H29ClN2/c1-5-21-10-12-22(13-11-21)14-19(16(4)15(2)3)17-6-8-18(20)9-7-17/h6-9,15,19H,4-5,10-14H2,1-3H3/t19-/m0/s1. The topological polar surface area (TPSA) is 6.48 Å². The van der Waals surface area contributed by atoms with Crippen LogP contribution in [0.4, 0.5) is 0 Å². The highest BCUT2D eigenvalue weighted by molar-refractivity contribution is 6.30. The predicted molar refractivity (Wildman–Crippen MR) is 96.7 cm³/mol. The van der Waals surface area contributed by atoms with Gasteiger partial charge in [-0.15, -0.1) is 0 Å². The number of likely N-dealkylation sites (N-methyl/N-ethyl adjacent to an activating group) is 1. The number of rotatable bonds is 6. The van der Waals surface area contributed by atoms with Crippen LogP contribution in [0.5, 0.6) is 0 Å². The maximum absolute atomic E-state index is 6.04. The Morgan fingerprint density at radius 3 is 2.14 bits per heavy atom. The first-order valence-corrected chi connectivity index (χ1v) is 8.78. The second-order valence-electron chi connectivity index (χ2n) is 6.57. The molecule has 1 saturated heterocycles. The van der Waals surface area contributed by atoms with Gasteiger partial charge in [-0.25, -0.2) is 0 Å². The monoisotopic (exact) mass is 320 g/mol. The number of hydrogen-bond donors (Lipinski definition) is 0. The Hall–Kier alpha value is -0.830. The molecule has 0 N–H and O–H groups in total. The van der Waals surface area contributed by atoms with Gasteiger partial charge in [-0.3, -0.25) is 4.90 Å². The summed E-state index contributed by atoms with van der Waals surface area (Å²) >= 11 is 6.04. The summed E-state index contributed by atoms with van der Waals surface area (Å²) < 4.78 is 0. The number of piperazine rings is 1. The second-order valence-corrected chi connectivity index (χ2v) is 7.01. The molecule has 0 bridgehead atoms. The second kappa shape index (κ2) is 8.14. The first-order chi connectivity index (χ1) is 10.5. The van der Waals surface area contributed by atoms with Crippen molar-refractivity contribution in [1.82, 2.24) is 9.80 Å². The van der Waals surface area contributed by atoms with Crippen molar-refractivity contribution in [3.05, 3.63) is 47.0 Å². The zero-order chi connectivity index (χ0) is 16.1. The first-order valence-electron chi connectivity index (χ1n) is 8.40. The molecule has 1 aliphatic heterocycles. The molecule has 1 aromatic rings. The van der Waals surface area contributed by atoms with E-state index in [0.29, 0.717) is 11.8 Å². The van der Waals surface area contributed by atoms with Crippen LogP contribution in [0.25, 0.3) is 0 Å². The molecule has 0 radical (unpaired) electrons. The van der Waals surface area contributed by atoms with E-state index in [1.807, 2.05) is 12.1 Å². The van der Waals surface area contributed by atoms with Crippen LogP contribution >= 0.6 is 11.6 Å². The van der Waals surface area contributed by atoms with Gasteiger partial charge in [0, 0.05) is 43.7 Å². The molecule has 3 heteroatoms. The van der Waals surface area contributed by atoms with Crippen LogP contribution in [0.3, 0.4) is 0 Å². The van der Waals surface area contributed by atoms with E-state index in [1.165, 1.54) is 24.2 Å². The van der Waals surface area contributed by atoms with Crippen molar-refractivity contribution < 1.29 is 0 Å². The Bertz CT molecular complexity index is 473. The SMILES string of the molecule is C=C(C(C)C)[C@H](CN1CCN(CC)CC1)c1ccc(Cl)cc1. The molecule has 1 aliphatic rings. The van der Waals surface area contributed by atoms with Crippen molar-refractivity contribution in [2.24, 2.45) is 5.92 Å². The molecule has 1 atom stereocenters. The number of benzene rings is 1. The Labute approximate surface area is 140 Å². The number of hydrogen-bond acceptors (Lipinski definition) is 2. The highest BCUT2D eigenvalue weighted by Crippen LogP contribution is 2.30. The van der Waals surface area contributed by atoms with E-state index in [4.69, 9.17) is 11.6 Å². The van der Waals surface area contributed by atoms with Gasteiger partial charge in [0.25, 0.3) is 0 Å². The van der Waals surface area contributed by atoms with E-state index in [-0.39, 0.29) is 0 Å². The minimum absolute atomic E-state index is 0.394. The summed E-state index contributed by atoms with van der Waals surface area (Å²) in [4.78, 5) is 5.10. The Balaban J connectivity index is 2.08. The zero-order valence-corrected chi connectivity index (χ0v) is 14.9. The average Bonchev–Trinajstić information content (AvgIpc) is 2.53. The van der Waals surface area contributed by atoms with Crippen LogP contribution in [0, 0.1) is 5.92 Å². The quantitative estimate of drug-likeness (QED) is 0.722. The molecule has 1 heterocycles. The van der Waals surface area contributed by atoms with Gasteiger partial charge in [-0.05, 0) is 30.2 Å². The fraction of sp³-hybridized carbons (Fsp3) is 0.579. The van der Waals surface area contributed by atoms with Crippen molar-refractivity contribution in [2.75, 3.05) is 39.3 Å². The van der Waals surface area contributed by atoms with Crippen molar-refractivity contribution in [3.8, 4) is 0 Å². The minimum Gasteiger partial charge on any atom is -0.301 e. The van der Waals surface area contributed by atoms with E-state index in [9.17, 15) is 0 Å². The molecule has 0 unspecified atom stereocenters. The zero-order valence-electron chi connectivity index (χ0n) is 14.2. The smallest absolute Gasteiger partial charge is 0.0406 e. The highest BCUT2D eigenvalue weighted by atomic mass is 35.5. The summed E-state index contributed by atoms with van der Waals surface area (Å²) in [5.74, 6) is 0.892. The molecular weight excluding hydrogens is 292 g/mol. The van der Waals surface area contributed by atoms with E-state index in [2.05, 4.69) is 49.3 Å². The summed E-state index contributed by atoms with van der Waals surface area (Å²) in [6.07, 6.45) is 0. The van der Waals surface area contributed by atoms with Gasteiger partial charge in [0.2, 0.25) is 0 Å². The normalized spacial score (nSPS) is 18.6. The largest absolute Gasteiger partial charge is 0.301 e. The van der Waals surface area contributed by atoms with Gasteiger partial charge < -0.3 is 4.90 Å². The van der Waals surface area contributed by atoms with E-state index in [1.54, 1.807) is 0 Å². The summed E-state index contributed by atoms with van der Waals surface area (Å²) in [6.45, 7) is 18.0. The van der Waals surface area contributed by atoms with Crippen LogP contribution in [0.1, 0.15) is 32.3 Å². The summed E-state index contributed by atoms with van der Waals surface area (Å²) in [6, 6.07) is 8.30. The van der Waals surface area contributed by atoms with Crippen LogP contribution < -0.4 is 0 Å². The van der Waals surface area contributed by atoms with Crippen molar-refractivity contribution >= 4 is 11.6 Å².